The Labute approximate surface area is 145 Å². The summed E-state index contributed by atoms with van der Waals surface area (Å²) in [5, 5.41) is 30.5. The molecule has 24 heavy (non-hydrogen) atoms. The third kappa shape index (κ3) is 5.64. The lowest BCUT2D eigenvalue weighted by Gasteiger charge is -2.41. The minimum atomic E-state index is -1.35. The second kappa shape index (κ2) is 7.63. The molecule has 5 unspecified atom stereocenters. The van der Waals surface area contributed by atoms with Crippen LogP contribution in [-0.4, -0.2) is 45.2 Å². The maximum absolute atomic E-state index is 12.5. The number of rotatable bonds is 5. The average molecular weight is 342 g/mol. The first-order valence-electron chi connectivity index (χ1n) is 8.84. The lowest BCUT2D eigenvalue weighted by molar-refractivity contribution is -0.160. The Kier molecular flexibility index (Phi) is 6.76. The van der Waals surface area contributed by atoms with Gasteiger partial charge in [-0.05, 0) is 24.2 Å². The van der Waals surface area contributed by atoms with E-state index in [0.717, 1.165) is 0 Å². The lowest BCUT2D eigenvalue weighted by Crippen LogP contribution is -2.54. The Balaban J connectivity index is 2.77. The van der Waals surface area contributed by atoms with Crippen molar-refractivity contribution in [1.82, 2.24) is 0 Å². The van der Waals surface area contributed by atoms with Crippen molar-refractivity contribution in [1.29, 1.82) is 0 Å². The van der Waals surface area contributed by atoms with E-state index in [4.69, 9.17) is 0 Å². The van der Waals surface area contributed by atoms with Gasteiger partial charge >= 0.3 is 0 Å². The molecule has 1 aliphatic carbocycles. The Morgan fingerprint density at radius 2 is 1.46 bits per heavy atom. The summed E-state index contributed by atoms with van der Waals surface area (Å²) in [4.78, 5) is 24.6. The highest BCUT2D eigenvalue weighted by molar-refractivity contribution is 5.86. The molecule has 5 heteroatoms. The normalized spacial score (nSPS) is 31.8. The van der Waals surface area contributed by atoms with Gasteiger partial charge in [-0.1, -0.05) is 41.5 Å². The summed E-state index contributed by atoms with van der Waals surface area (Å²) in [5.74, 6) is -1.06. The van der Waals surface area contributed by atoms with Crippen LogP contribution in [0.25, 0.3) is 0 Å². The topological polar surface area (TPSA) is 94.8 Å². The Morgan fingerprint density at radius 1 is 0.917 bits per heavy atom. The van der Waals surface area contributed by atoms with Crippen LogP contribution >= 0.6 is 0 Å². The summed E-state index contributed by atoms with van der Waals surface area (Å²) in [7, 11) is 0. The van der Waals surface area contributed by atoms with Gasteiger partial charge in [-0.2, -0.15) is 0 Å². The molecule has 0 aromatic carbocycles. The van der Waals surface area contributed by atoms with E-state index in [1.165, 1.54) is 0 Å². The molecule has 0 saturated heterocycles. The van der Waals surface area contributed by atoms with Gasteiger partial charge in [0.1, 0.15) is 17.7 Å². The largest absolute Gasteiger partial charge is 0.390 e. The monoisotopic (exact) mass is 342 g/mol. The fourth-order valence-electron chi connectivity index (χ4n) is 3.46. The zero-order chi connectivity index (χ0) is 18.9. The van der Waals surface area contributed by atoms with E-state index >= 15 is 0 Å². The first-order valence-corrected chi connectivity index (χ1v) is 8.84. The molecular formula is C19H34O5. The van der Waals surface area contributed by atoms with Crippen LogP contribution in [0.5, 0.6) is 0 Å². The van der Waals surface area contributed by atoms with Gasteiger partial charge < -0.3 is 15.3 Å². The van der Waals surface area contributed by atoms with Crippen LogP contribution in [0.1, 0.15) is 67.2 Å². The van der Waals surface area contributed by atoms with Gasteiger partial charge in [0.2, 0.25) is 0 Å². The zero-order valence-electron chi connectivity index (χ0n) is 15.9. The van der Waals surface area contributed by atoms with Crippen molar-refractivity contribution < 1.29 is 24.9 Å². The summed E-state index contributed by atoms with van der Waals surface area (Å²) in [6.07, 6.45) is -2.20. The van der Waals surface area contributed by atoms with Gasteiger partial charge in [0, 0.05) is 24.2 Å². The lowest BCUT2D eigenvalue weighted by atomic mass is 9.68. The van der Waals surface area contributed by atoms with Crippen molar-refractivity contribution in [2.45, 2.75) is 85.5 Å². The molecular weight excluding hydrogens is 308 g/mol. The van der Waals surface area contributed by atoms with Crippen LogP contribution in [0.15, 0.2) is 0 Å². The van der Waals surface area contributed by atoms with Crippen molar-refractivity contribution >= 4 is 11.6 Å². The molecule has 0 amide bonds. The summed E-state index contributed by atoms with van der Waals surface area (Å²) in [6.45, 7) is 11.3. The van der Waals surface area contributed by atoms with Gasteiger partial charge in [-0.25, -0.2) is 0 Å². The number of carbonyl (C=O) groups excluding carboxylic acids is 2. The zero-order valence-corrected chi connectivity index (χ0v) is 15.9. The van der Waals surface area contributed by atoms with Crippen molar-refractivity contribution in [3.63, 3.8) is 0 Å². The molecule has 0 aromatic heterocycles. The summed E-state index contributed by atoms with van der Waals surface area (Å²) >= 11 is 0. The van der Waals surface area contributed by atoms with Gasteiger partial charge in [0.05, 0.1) is 12.2 Å². The molecule has 0 radical (unpaired) electrons. The third-order valence-corrected chi connectivity index (χ3v) is 4.75. The minimum absolute atomic E-state index is 0.0806. The molecule has 0 heterocycles. The quantitative estimate of drug-likeness (QED) is 0.711. The van der Waals surface area contributed by atoms with E-state index in [9.17, 15) is 24.9 Å². The third-order valence-electron chi connectivity index (χ3n) is 4.75. The standard InChI is InChI=1S/C19H34O5/c1-18(2,3)10-12(20)8-7-11-9-13(17(24)19(4,5)6)15(22)16(23)14(11)21/h11,13-16,21-23H,7-10H2,1-6H3. The number of carbonyl (C=O) groups is 2. The van der Waals surface area contributed by atoms with E-state index in [1.807, 2.05) is 20.8 Å². The molecule has 1 saturated carbocycles. The number of hydrogen-bond acceptors (Lipinski definition) is 5. The van der Waals surface area contributed by atoms with E-state index in [1.54, 1.807) is 20.8 Å². The number of hydrogen-bond donors (Lipinski definition) is 3. The average Bonchev–Trinajstić information content (AvgIpc) is 2.40. The summed E-state index contributed by atoms with van der Waals surface area (Å²) in [6, 6.07) is 0. The van der Waals surface area contributed by atoms with Gasteiger partial charge in [0.25, 0.3) is 0 Å². The maximum Gasteiger partial charge on any atom is 0.143 e. The van der Waals surface area contributed by atoms with Crippen molar-refractivity contribution in [2.24, 2.45) is 22.7 Å². The van der Waals surface area contributed by atoms with Crippen LogP contribution in [0.3, 0.4) is 0 Å². The van der Waals surface area contributed by atoms with E-state index in [2.05, 4.69) is 0 Å². The fraction of sp³-hybridized carbons (Fsp3) is 0.895. The smallest absolute Gasteiger partial charge is 0.143 e. The highest BCUT2D eigenvalue weighted by atomic mass is 16.4. The second-order valence-electron chi connectivity index (χ2n) is 9.50. The summed E-state index contributed by atoms with van der Waals surface area (Å²) in [5.41, 5.74) is -0.705. The predicted octanol–water partition coefficient (Wildman–Crippen LogP) is 2.11. The maximum atomic E-state index is 12.5. The van der Waals surface area contributed by atoms with Crippen LogP contribution < -0.4 is 0 Å². The number of Topliss-reactive ketones (excluding diaryl/α,β-unsaturated/α-hetero) is 2. The predicted molar refractivity (Wildman–Crippen MR) is 92.4 cm³/mol. The molecule has 5 atom stereocenters. The number of ketones is 2. The van der Waals surface area contributed by atoms with E-state index in [-0.39, 0.29) is 22.9 Å². The van der Waals surface area contributed by atoms with Crippen LogP contribution in [0, 0.1) is 22.7 Å². The number of aliphatic hydroxyl groups is 3. The molecule has 1 aliphatic rings. The Bertz CT molecular complexity index is 457. The van der Waals surface area contributed by atoms with Crippen LogP contribution in [0.4, 0.5) is 0 Å². The van der Waals surface area contributed by atoms with Gasteiger partial charge in [-0.15, -0.1) is 0 Å². The highest BCUT2D eigenvalue weighted by Crippen LogP contribution is 2.37. The second-order valence-corrected chi connectivity index (χ2v) is 9.50. The summed E-state index contributed by atoms with van der Waals surface area (Å²) < 4.78 is 0. The highest BCUT2D eigenvalue weighted by Gasteiger charge is 2.47. The molecule has 1 rings (SSSR count). The van der Waals surface area contributed by atoms with Crippen molar-refractivity contribution in [2.75, 3.05) is 0 Å². The van der Waals surface area contributed by atoms with Gasteiger partial charge in [-0.3, -0.25) is 9.59 Å². The molecule has 0 bridgehead atoms. The fourth-order valence-corrected chi connectivity index (χ4v) is 3.46. The van der Waals surface area contributed by atoms with E-state index < -0.39 is 29.6 Å². The van der Waals surface area contributed by atoms with Crippen LogP contribution in [-0.2, 0) is 9.59 Å². The molecule has 1 fully saturated rings. The molecule has 0 spiro atoms. The van der Waals surface area contributed by atoms with Crippen LogP contribution in [0.2, 0.25) is 0 Å². The van der Waals surface area contributed by atoms with E-state index in [0.29, 0.717) is 25.7 Å². The Morgan fingerprint density at radius 3 is 1.92 bits per heavy atom. The Hall–Kier alpha value is -0.780. The van der Waals surface area contributed by atoms with Crippen molar-refractivity contribution in [3.05, 3.63) is 0 Å². The minimum Gasteiger partial charge on any atom is -0.390 e. The van der Waals surface area contributed by atoms with Crippen molar-refractivity contribution in [3.8, 4) is 0 Å². The van der Waals surface area contributed by atoms with Gasteiger partial charge in [0.15, 0.2) is 0 Å². The molecule has 0 aliphatic heterocycles. The molecule has 0 aromatic rings. The first kappa shape index (κ1) is 21.3. The number of aliphatic hydroxyl groups excluding tert-OH is 3. The molecule has 140 valence electrons. The molecule has 3 N–H and O–H groups in total. The first-order chi connectivity index (χ1) is 10.7. The molecule has 5 nitrogen and oxygen atoms in total. The SMILES string of the molecule is CC(C)(C)CC(=O)CCC1CC(C(=O)C(C)(C)C)C(O)C(O)C1O.